The Balaban J connectivity index is 2.53. The Morgan fingerprint density at radius 3 is 2.37 bits per heavy atom. The van der Waals surface area contributed by atoms with E-state index < -0.39 is 0 Å². The zero-order chi connectivity index (χ0) is 14.3. The fourth-order valence-corrected chi connectivity index (χ4v) is 2.69. The van der Waals surface area contributed by atoms with Crippen LogP contribution < -0.4 is 5.32 Å². The Hall–Kier alpha value is -0.530. The molecule has 0 radical (unpaired) electrons. The number of nitrogens with one attached hydrogen (secondary N) is 1. The summed E-state index contributed by atoms with van der Waals surface area (Å²) in [5.41, 5.74) is 1.35. The molecule has 0 saturated carbocycles. The monoisotopic (exact) mass is 281 g/mol. The number of benzene rings is 1. The normalized spacial score (nSPS) is 13.2. The molecule has 19 heavy (non-hydrogen) atoms. The van der Waals surface area contributed by atoms with E-state index in [1.165, 1.54) is 12.0 Å². The lowest BCUT2D eigenvalue weighted by atomic mass is 9.91. The maximum Gasteiger partial charge on any atom is 0.0408 e. The summed E-state index contributed by atoms with van der Waals surface area (Å²) >= 11 is 6.06. The second kappa shape index (κ2) is 8.60. The van der Waals surface area contributed by atoms with Crippen molar-refractivity contribution < 1.29 is 0 Å². The first-order chi connectivity index (χ1) is 8.97. The van der Waals surface area contributed by atoms with Crippen LogP contribution in [0.25, 0.3) is 0 Å². The summed E-state index contributed by atoms with van der Waals surface area (Å²) in [7, 11) is 0. The largest absolute Gasteiger partial charge is 0.316 e. The Morgan fingerprint density at radius 2 is 1.79 bits per heavy atom. The fourth-order valence-electron chi connectivity index (χ4n) is 2.48. The molecular formula is C17H28ClN. The molecule has 1 atom stereocenters. The van der Waals surface area contributed by atoms with Crippen LogP contribution in [-0.4, -0.2) is 13.1 Å². The van der Waals surface area contributed by atoms with Gasteiger partial charge in [0.1, 0.15) is 0 Å². The predicted molar refractivity (Wildman–Crippen MR) is 85.8 cm³/mol. The molecule has 0 aliphatic heterocycles. The molecule has 1 nitrogen and oxygen atoms in total. The molecule has 0 saturated heterocycles. The highest BCUT2D eigenvalue weighted by molar-refractivity contribution is 6.30. The van der Waals surface area contributed by atoms with Gasteiger partial charge >= 0.3 is 0 Å². The summed E-state index contributed by atoms with van der Waals surface area (Å²) in [6.07, 6.45) is 2.38. The summed E-state index contributed by atoms with van der Waals surface area (Å²) in [6.45, 7) is 11.3. The second-order valence-corrected chi connectivity index (χ2v) is 6.82. The third-order valence-electron chi connectivity index (χ3n) is 3.20. The van der Waals surface area contributed by atoms with E-state index in [9.17, 15) is 0 Å². The summed E-state index contributed by atoms with van der Waals surface area (Å²) in [5.74, 6) is 2.15. The first-order valence-electron chi connectivity index (χ1n) is 7.42. The molecule has 1 rings (SSSR count). The molecule has 108 valence electrons. The lowest BCUT2D eigenvalue weighted by molar-refractivity contribution is 0.376. The van der Waals surface area contributed by atoms with Crippen molar-refractivity contribution in [3.8, 4) is 0 Å². The van der Waals surface area contributed by atoms with Gasteiger partial charge in [-0.2, -0.15) is 0 Å². The molecule has 1 aromatic rings. The van der Waals surface area contributed by atoms with Crippen molar-refractivity contribution in [3.63, 3.8) is 0 Å². The van der Waals surface area contributed by atoms with Crippen molar-refractivity contribution >= 4 is 11.6 Å². The molecule has 0 bridgehead atoms. The Kier molecular flexibility index (Phi) is 7.48. The van der Waals surface area contributed by atoms with Gasteiger partial charge < -0.3 is 5.32 Å². The van der Waals surface area contributed by atoms with Crippen LogP contribution in [-0.2, 0) is 6.42 Å². The van der Waals surface area contributed by atoms with Crippen molar-refractivity contribution in [2.24, 2.45) is 17.8 Å². The van der Waals surface area contributed by atoms with Crippen LogP contribution >= 0.6 is 11.6 Å². The maximum atomic E-state index is 6.06. The molecule has 0 fully saturated rings. The molecule has 2 heteroatoms. The first-order valence-corrected chi connectivity index (χ1v) is 7.80. The third kappa shape index (κ3) is 7.59. The van der Waals surface area contributed by atoms with Gasteiger partial charge in [-0.25, -0.2) is 0 Å². The van der Waals surface area contributed by atoms with Gasteiger partial charge in [-0.1, -0.05) is 51.4 Å². The Labute approximate surface area is 123 Å². The Bertz CT molecular complexity index is 360. The lowest BCUT2D eigenvalue weighted by Crippen LogP contribution is -2.28. The highest BCUT2D eigenvalue weighted by atomic mass is 35.5. The van der Waals surface area contributed by atoms with E-state index in [1.807, 2.05) is 12.1 Å². The van der Waals surface area contributed by atoms with E-state index in [0.29, 0.717) is 11.8 Å². The van der Waals surface area contributed by atoms with Gasteiger partial charge in [-0.05, 0) is 61.4 Å². The van der Waals surface area contributed by atoms with Gasteiger partial charge in [0.25, 0.3) is 0 Å². The molecule has 0 aliphatic carbocycles. The van der Waals surface area contributed by atoms with E-state index in [4.69, 9.17) is 11.6 Å². The van der Waals surface area contributed by atoms with Gasteiger partial charge in [0.15, 0.2) is 0 Å². The summed E-state index contributed by atoms with van der Waals surface area (Å²) in [5, 5.41) is 4.44. The molecule has 0 aromatic heterocycles. The van der Waals surface area contributed by atoms with E-state index in [1.54, 1.807) is 0 Å². The van der Waals surface area contributed by atoms with Gasteiger partial charge in [-0.15, -0.1) is 0 Å². The van der Waals surface area contributed by atoms with Crippen LogP contribution in [0.2, 0.25) is 5.02 Å². The predicted octanol–water partition coefficient (Wildman–Crippen LogP) is 4.79. The minimum Gasteiger partial charge on any atom is -0.316 e. The molecule has 1 N–H and O–H groups in total. The number of hydrogen-bond donors (Lipinski definition) is 1. The minimum absolute atomic E-state index is 0.692. The topological polar surface area (TPSA) is 12.0 Å². The van der Waals surface area contributed by atoms with Crippen LogP contribution in [0.3, 0.4) is 0 Å². The SMILES string of the molecule is CC(C)CNCC(Cc1cccc(Cl)c1)CC(C)C. The third-order valence-corrected chi connectivity index (χ3v) is 3.44. The average Bonchev–Trinajstić information content (AvgIpc) is 2.27. The van der Waals surface area contributed by atoms with Crippen LogP contribution in [0.4, 0.5) is 0 Å². The number of halogens is 1. The molecule has 0 heterocycles. The molecule has 0 spiro atoms. The van der Waals surface area contributed by atoms with E-state index >= 15 is 0 Å². The molecular weight excluding hydrogens is 254 g/mol. The number of rotatable bonds is 8. The first kappa shape index (κ1) is 16.5. The zero-order valence-electron chi connectivity index (χ0n) is 12.7. The van der Waals surface area contributed by atoms with Gasteiger partial charge in [-0.3, -0.25) is 0 Å². The minimum atomic E-state index is 0.692. The van der Waals surface area contributed by atoms with Crippen molar-refractivity contribution in [1.29, 1.82) is 0 Å². The second-order valence-electron chi connectivity index (χ2n) is 6.38. The summed E-state index contributed by atoms with van der Waals surface area (Å²) in [4.78, 5) is 0. The fraction of sp³-hybridized carbons (Fsp3) is 0.647. The highest BCUT2D eigenvalue weighted by Gasteiger charge is 2.12. The lowest BCUT2D eigenvalue weighted by Gasteiger charge is -2.20. The van der Waals surface area contributed by atoms with Crippen LogP contribution in [0.15, 0.2) is 24.3 Å². The standard InChI is InChI=1S/C17H28ClN/c1-13(2)8-16(12-19-11-14(3)4)9-15-6-5-7-17(18)10-15/h5-7,10,13-14,16,19H,8-9,11-12H2,1-4H3. The van der Waals surface area contributed by atoms with Gasteiger partial charge in [0.2, 0.25) is 0 Å². The number of hydrogen-bond acceptors (Lipinski definition) is 1. The zero-order valence-corrected chi connectivity index (χ0v) is 13.5. The smallest absolute Gasteiger partial charge is 0.0408 e. The average molecular weight is 282 g/mol. The van der Waals surface area contributed by atoms with E-state index in [-0.39, 0.29) is 0 Å². The van der Waals surface area contributed by atoms with E-state index in [2.05, 4.69) is 45.1 Å². The highest BCUT2D eigenvalue weighted by Crippen LogP contribution is 2.19. The van der Waals surface area contributed by atoms with Crippen molar-refractivity contribution in [2.45, 2.75) is 40.5 Å². The van der Waals surface area contributed by atoms with Gasteiger partial charge in [0, 0.05) is 5.02 Å². The van der Waals surface area contributed by atoms with Crippen molar-refractivity contribution in [2.75, 3.05) is 13.1 Å². The molecule has 1 aromatic carbocycles. The van der Waals surface area contributed by atoms with Gasteiger partial charge in [0.05, 0.1) is 0 Å². The Morgan fingerprint density at radius 1 is 1.05 bits per heavy atom. The molecule has 0 aliphatic rings. The molecule has 1 unspecified atom stereocenters. The van der Waals surface area contributed by atoms with Crippen LogP contribution in [0.1, 0.15) is 39.7 Å². The molecule has 0 amide bonds. The van der Waals surface area contributed by atoms with Crippen molar-refractivity contribution in [3.05, 3.63) is 34.9 Å². The summed E-state index contributed by atoms with van der Waals surface area (Å²) in [6, 6.07) is 8.27. The van der Waals surface area contributed by atoms with Crippen molar-refractivity contribution in [1.82, 2.24) is 5.32 Å². The van der Waals surface area contributed by atoms with Crippen LogP contribution in [0, 0.1) is 17.8 Å². The summed E-state index contributed by atoms with van der Waals surface area (Å²) < 4.78 is 0. The van der Waals surface area contributed by atoms with Crippen LogP contribution in [0.5, 0.6) is 0 Å². The maximum absolute atomic E-state index is 6.06. The quantitative estimate of drug-likeness (QED) is 0.722. The van der Waals surface area contributed by atoms with E-state index in [0.717, 1.165) is 30.5 Å².